The molecule has 0 atom stereocenters. The third kappa shape index (κ3) is 3.24. The number of carbonyl (C=O) groups is 1. The van der Waals surface area contributed by atoms with Gasteiger partial charge < -0.3 is 10.2 Å². The molecule has 1 N–H and O–H groups in total. The van der Waals surface area contributed by atoms with Crippen LogP contribution in [0.15, 0.2) is 29.3 Å². The number of benzene rings is 1. The van der Waals surface area contributed by atoms with Crippen molar-refractivity contribution in [1.82, 2.24) is 15.1 Å². The van der Waals surface area contributed by atoms with Gasteiger partial charge in [0.2, 0.25) is 0 Å². The molecule has 2 aliphatic rings. The van der Waals surface area contributed by atoms with Gasteiger partial charge in [-0.15, -0.1) is 0 Å². The number of nitrogens with one attached hydrogen (secondary N) is 1. The summed E-state index contributed by atoms with van der Waals surface area (Å²) in [5, 5.41) is 7.64. The van der Waals surface area contributed by atoms with Crippen LogP contribution in [0.1, 0.15) is 61.3 Å². The van der Waals surface area contributed by atoms with Crippen molar-refractivity contribution in [3.05, 3.63) is 41.2 Å². The molecule has 1 amide bonds. The van der Waals surface area contributed by atoms with Gasteiger partial charge in [-0.25, -0.2) is 4.99 Å². The molecule has 6 heteroatoms. The molecule has 27 heavy (non-hydrogen) atoms. The van der Waals surface area contributed by atoms with Gasteiger partial charge in [0.1, 0.15) is 5.69 Å². The van der Waals surface area contributed by atoms with Crippen LogP contribution in [-0.4, -0.2) is 41.0 Å². The zero-order chi connectivity index (χ0) is 19.0. The highest BCUT2D eigenvalue weighted by Gasteiger charge is 2.27. The fraction of sp³-hybridized carbons (Fsp3) is 0.476. The molecule has 142 valence electrons. The van der Waals surface area contributed by atoms with Crippen molar-refractivity contribution < 1.29 is 4.79 Å². The first-order valence-electron chi connectivity index (χ1n) is 9.90. The number of aliphatic imine (C=N–C) groups is 1. The van der Waals surface area contributed by atoms with E-state index in [-0.39, 0.29) is 11.8 Å². The average molecular weight is 365 g/mol. The largest absolute Gasteiger partial charge is 0.372 e. The number of amides is 1. The Hall–Kier alpha value is -2.63. The van der Waals surface area contributed by atoms with Crippen molar-refractivity contribution in [2.24, 2.45) is 4.99 Å². The summed E-state index contributed by atoms with van der Waals surface area (Å²) in [4.78, 5) is 20.0. The molecule has 3 heterocycles. The Kier molecular flexibility index (Phi) is 4.72. The summed E-state index contributed by atoms with van der Waals surface area (Å²) in [5.74, 6) is 0.110. The Morgan fingerprint density at radius 1 is 1.15 bits per heavy atom. The minimum absolute atomic E-state index is 0.0984. The van der Waals surface area contributed by atoms with Gasteiger partial charge in [0, 0.05) is 25.3 Å². The molecule has 0 saturated carbocycles. The number of aryl methyl sites for hydroxylation is 1. The molecular weight excluding hydrogens is 338 g/mol. The topological polar surface area (TPSA) is 62.5 Å². The Morgan fingerprint density at radius 2 is 1.85 bits per heavy atom. The lowest BCUT2D eigenvalue weighted by Gasteiger charge is -2.18. The number of aromatic nitrogens is 2. The summed E-state index contributed by atoms with van der Waals surface area (Å²) in [7, 11) is 0. The van der Waals surface area contributed by atoms with Crippen molar-refractivity contribution in [3.8, 4) is 0 Å². The zero-order valence-electron chi connectivity index (χ0n) is 16.3. The van der Waals surface area contributed by atoms with Crippen LogP contribution < -0.4 is 10.2 Å². The van der Waals surface area contributed by atoms with Crippen molar-refractivity contribution in [3.63, 3.8) is 0 Å². The van der Waals surface area contributed by atoms with Gasteiger partial charge in [-0.3, -0.25) is 9.48 Å². The van der Waals surface area contributed by atoms with E-state index in [4.69, 9.17) is 4.99 Å². The van der Waals surface area contributed by atoms with E-state index in [0.29, 0.717) is 18.8 Å². The van der Waals surface area contributed by atoms with Crippen LogP contribution in [0, 0.1) is 0 Å². The maximum Gasteiger partial charge on any atom is 0.272 e. The summed E-state index contributed by atoms with van der Waals surface area (Å²) in [6.07, 6.45) is 2.53. The second kappa shape index (κ2) is 7.18. The molecule has 6 nitrogen and oxygen atoms in total. The highest BCUT2D eigenvalue weighted by Crippen LogP contribution is 2.32. The lowest BCUT2D eigenvalue weighted by Crippen LogP contribution is -2.30. The number of nitrogens with zero attached hydrogens (tertiary/aromatic N) is 4. The second-order valence-corrected chi connectivity index (χ2v) is 7.54. The lowest BCUT2D eigenvalue weighted by molar-refractivity contribution is 0.0950. The fourth-order valence-electron chi connectivity index (χ4n) is 3.85. The molecule has 0 spiro atoms. The van der Waals surface area contributed by atoms with Crippen molar-refractivity contribution in [2.75, 3.05) is 24.5 Å². The minimum Gasteiger partial charge on any atom is -0.372 e. The SMILES string of the molecule is CCn1nc(C(C)C)c2c1C(=O)NCC(c1ccc(N3CCCC3)cc1)=N2. The highest BCUT2D eigenvalue weighted by molar-refractivity contribution is 6.10. The molecule has 0 bridgehead atoms. The van der Waals surface area contributed by atoms with Gasteiger partial charge >= 0.3 is 0 Å². The molecule has 0 aliphatic carbocycles. The maximum absolute atomic E-state index is 12.7. The van der Waals surface area contributed by atoms with Gasteiger partial charge in [-0.2, -0.15) is 5.10 Å². The number of hydrogen-bond acceptors (Lipinski definition) is 4. The Bertz CT molecular complexity index is 873. The fourth-order valence-corrected chi connectivity index (χ4v) is 3.85. The van der Waals surface area contributed by atoms with E-state index in [1.165, 1.54) is 18.5 Å². The van der Waals surface area contributed by atoms with E-state index in [9.17, 15) is 4.79 Å². The Morgan fingerprint density at radius 3 is 2.48 bits per heavy atom. The van der Waals surface area contributed by atoms with E-state index in [1.54, 1.807) is 4.68 Å². The van der Waals surface area contributed by atoms with Crippen LogP contribution in [-0.2, 0) is 6.54 Å². The number of carbonyl (C=O) groups excluding carboxylic acids is 1. The Balaban J connectivity index is 1.73. The molecule has 1 aromatic heterocycles. The lowest BCUT2D eigenvalue weighted by atomic mass is 10.1. The summed E-state index contributed by atoms with van der Waals surface area (Å²) >= 11 is 0. The maximum atomic E-state index is 12.7. The van der Waals surface area contributed by atoms with Crippen LogP contribution >= 0.6 is 0 Å². The predicted molar refractivity (Wildman–Crippen MR) is 108 cm³/mol. The monoisotopic (exact) mass is 365 g/mol. The van der Waals surface area contributed by atoms with Gasteiger partial charge in [0.05, 0.1) is 18.0 Å². The van der Waals surface area contributed by atoms with E-state index >= 15 is 0 Å². The zero-order valence-corrected chi connectivity index (χ0v) is 16.3. The quantitative estimate of drug-likeness (QED) is 0.902. The first kappa shape index (κ1) is 17.8. The molecule has 1 saturated heterocycles. The van der Waals surface area contributed by atoms with Gasteiger partial charge in [0.15, 0.2) is 5.69 Å². The summed E-state index contributed by atoms with van der Waals surface area (Å²) in [6, 6.07) is 8.55. The summed E-state index contributed by atoms with van der Waals surface area (Å²) in [6.45, 7) is 9.52. The first-order valence-corrected chi connectivity index (χ1v) is 9.90. The molecule has 2 aliphatic heterocycles. The molecule has 1 fully saturated rings. The summed E-state index contributed by atoms with van der Waals surface area (Å²) < 4.78 is 1.77. The Labute approximate surface area is 160 Å². The van der Waals surface area contributed by atoms with E-state index in [2.05, 4.69) is 53.4 Å². The van der Waals surface area contributed by atoms with Crippen LogP contribution in [0.2, 0.25) is 0 Å². The third-order valence-corrected chi connectivity index (χ3v) is 5.35. The molecular formula is C21H27N5O. The molecule has 0 radical (unpaired) electrons. The van der Waals surface area contributed by atoms with Crippen LogP contribution in [0.5, 0.6) is 0 Å². The smallest absolute Gasteiger partial charge is 0.272 e. The van der Waals surface area contributed by atoms with Crippen molar-refractivity contribution in [1.29, 1.82) is 0 Å². The van der Waals surface area contributed by atoms with Crippen LogP contribution in [0.25, 0.3) is 0 Å². The van der Waals surface area contributed by atoms with Crippen LogP contribution in [0.4, 0.5) is 11.4 Å². The normalized spacial score (nSPS) is 17.0. The number of rotatable bonds is 4. The molecule has 4 rings (SSSR count). The number of hydrogen-bond donors (Lipinski definition) is 1. The van der Waals surface area contributed by atoms with Gasteiger partial charge in [-0.05, 0) is 43.4 Å². The van der Waals surface area contributed by atoms with Crippen molar-refractivity contribution >= 4 is 23.0 Å². The van der Waals surface area contributed by atoms with E-state index in [1.807, 2.05) is 6.92 Å². The molecule has 0 unspecified atom stereocenters. The molecule has 2 aromatic rings. The van der Waals surface area contributed by atoms with E-state index < -0.39 is 0 Å². The number of fused-ring (bicyclic) bond motifs is 1. The first-order chi connectivity index (χ1) is 13.1. The van der Waals surface area contributed by atoms with Crippen LogP contribution in [0.3, 0.4) is 0 Å². The molecule has 1 aromatic carbocycles. The standard InChI is InChI=1S/C21H27N5O/c1-4-26-20-19(18(24-26)14(2)3)23-17(13-22-21(20)27)15-7-9-16(10-8-15)25-11-5-6-12-25/h7-10,14H,4-6,11-13H2,1-3H3,(H,22,27). The summed E-state index contributed by atoms with van der Waals surface area (Å²) in [5.41, 5.74) is 5.37. The second-order valence-electron chi connectivity index (χ2n) is 7.54. The van der Waals surface area contributed by atoms with E-state index in [0.717, 1.165) is 35.7 Å². The van der Waals surface area contributed by atoms with Crippen molar-refractivity contribution in [2.45, 2.75) is 46.1 Å². The number of anilines is 1. The average Bonchev–Trinajstić information content (AvgIpc) is 3.29. The van der Waals surface area contributed by atoms with Gasteiger partial charge in [0.25, 0.3) is 5.91 Å². The van der Waals surface area contributed by atoms with Gasteiger partial charge in [-0.1, -0.05) is 26.0 Å². The minimum atomic E-state index is -0.0984. The third-order valence-electron chi connectivity index (χ3n) is 5.35. The predicted octanol–water partition coefficient (Wildman–Crippen LogP) is 3.49. The highest BCUT2D eigenvalue weighted by atomic mass is 16.2.